The minimum atomic E-state index is -1.41. The van der Waals surface area contributed by atoms with Gasteiger partial charge in [-0.1, -0.05) is 0 Å². The molecule has 5 N–H and O–H groups in total. The summed E-state index contributed by atoms with van der Waals surface area (Å²) in [6.45, 7) is 6.55. The van der Waals surface area contributed by atoms with E-state index >= 15 is 0 Å². The lowest BCUT2D eigenvalue weighted by atomic mass is 9.78. The van der Waals surface area contributed by atoms with Crippen LogP contribution in [-0.4, -0.2) is 68.3 Å². The lowest BCUT2D eigenvalue weighted by molar-refractivity contribution is -0.150. The van der Waals surface area contributed by atoms with E-state index in [1.807, 2.05) is 27.7 Å². The van der Waals surface area contributed by atoms with E-state index in [-0.39, 0.29) is 12.2 Å². The van der Waals surface area contributed by atoms with Crippen LogP contribution in [0.5, 0.6) is 11.5 Å². The predicted octanol–water partition coefficient (Wildman–Crippen LogP) is 0.635. The van der Waals surface area contributed by atoms with Gasteiger partial charge < -0.3 is 35.0 Å². The molecule has 1 fully saturated rings. The molecule has 0 radical (unpaired) electrons. The second kappa shape index (κ2) is 6.90. The van der Waals surface area contributed by atoms with Gasteiger partial charge in [0, 0.05) is 12.0 Å². The maximum Gasteiger partial charge on any atom is 0.127 e. The van der Waals surface area contributed by atoms with Crippen LogP contribution in [0, 0.1) is 20.8 Å². The number of benzene rings is 1. The minimum absolute atomic E-state index is 0.156. The van der Waals surface area contributed by atoms with Crippen LogP contribution in [0.25, 0.3) is 0 Å². The zero-order chi connectivity index (χ0) is 20.1. The molecular formula is C20H30O7. The molecular weight excluding hydrogens is 352 g/mol. The van der Waals surface area contributed by atoms with Crippen molar-refractivity contribution in [2.24, 2.45) is 0 Å². The summed E-state index contributed by atoms with van der Waals surface area (Å²) in [7, 11) is 0. The van der Waals surface area contributed by atoms with Gasteiger partial charge in [0.2, 0.25) is 0 Å². The van der Waals surface area contributed by atoms with Crippen LogP contribution < -0.4 is 4.74 Å². The Bertz CT molecular complexity index is 734. The lowest BCUT2D eigenvalue weighted by Crippen LogP contribution is -2.53. The standard InChI is InChI=1S/C20H30O7/c1-10-11(2)17-13(12(3)15(10)23)5-6-19(4,27-17)8-20(9-22)18(25)16(24)14(7-21)26-20/h14,16,18,21-25H,5-9H2,1-4H3/t14-,16-,18+,19?,20-/m1/s1. The summed E-state index contributed by atoms with van der Waals surface area (Å²) in [4.78, 5) is 0. The molecule has 1 saturated heterocycles. The topological polar surface area (TPSA) is 120 Å². The molecule has 0 saturated carbocycles. The van der Waals surface area contributed by atoms with Gasteiger partial charge in [0.1, 0.15) is 41.0 Å². The zero-order valence-electron chi connectivity index (χ0n) is 16.3. The first-order valence-electron chi connectivity index (χ1n) is 9.35. The SMILES string of the molecule is Cc1c(C)c2c(c(C)c1O)CCC(C)(C[C@]1(CO)O[C@H](CO)[C@@H](O)[C@@H]1O)O2. The van der Waals surface area contributed by atoms with E-state index in [4.69, 9.17) is 9.47 Å². The molecule has 0 amide bonds. The van der Waals surface area contributed by atoms with Crippen LogP contribution in [0.3, 0.4) is 0 Å². The van der Waals surface area contributed by atoms with Crippen molar-refractivity contribution in [2.45, 2.75) is 76.5 Å². The van der Waals surface area contributed by atoms with Gasteiger partial charge in [-0.3, -0.25) is 0 Å². The third-order valence-corrected chi connectivity index (χ3v) is 6.34. The Labute approximate surface area is 159 Å². The second-order valence-electron chi connectivity index (χ2n) is 8.26. The monoisotopic (exact) mass is 382 g/mol. The molecule has 2 aliphatic heterocycles. The molecule has 0 spiro atoms. The molecule has 1 aromatic rings. The zero-order valence-corrected chi connectivity index (χ0v) is 16.3. The summed E-state index contributed by atoms with van der Waals surface area (Å²) in [5.74, 6) is 1.00. The van der Waals surface area contributed by atoms with E-state index in [0.29, 0.717) is 12.8 Å². The highest BCUT2D eigenvalue weighted by molar-refractivity contribution is 5.58. The summed E-state index contributed by atoms with van der Waals surface area (Å²) in [6.07, 6.45) is -2.12. The highest BCUT2D eigenvalue weighted by Gasteiger charge is 2.57. The molecule has 1 unspecified atom stereocenters. The van der Waals surface area contributed by atoms with E-state index in [1.54, 1.807) is 0 Å². The Hall–Kier alpha value is -1.38. The predicted molar refractivity (Wildman–Crippen MR) is 98.1 cm³/mol. The van der Waals surface area contributed by atoms with E-state index < -0.39 is 42.7 Å². The van der Waals surface area contributed by atoms with Crippen LogP contribution in [-0.2, 0) is 11.2 Å². The average Bonchev–Trinajstić information content (AvgIpc) is 2.89. The molecule has 27 heavy (non-hydrogen) atoms. The number of ether oxygens (including phenoxy) is 2. The fourth-order valence-electron chi connectivity index (χ4n) is 4.49. The number of aliphatic hydroxyl groups is 4. The lowest BCUT2D eigenvalue weighted by Gasteiger charge is -2.43. The Balaban J connectivity index is 1.93. The average molecular weight is 382 g/mol. The highest BCUT2D eigenvalue weighted by atomic mass is 16.6. The summed E-state index contributed by atoms with van der Waals surface area (Å²) in [6, 6.07) is 0. The van der Waals surface area contributed by atoms with Crippen LogP contribution in [0.4, 0.5) is 0 Å². The minimum Gasteiger partial charge on any atom is -0.507 e. The van der Waals surface area contributed by atoms with Gasteiger partial charge in [-0.2, -0.15) is 0 Å². The van der Waals surface area contributed by atoms with Crippen molar-refractivity contribution in [3.63, 3.8) is 0 Å². The molecule has 2 heterocycles. The van der Waals surface area contributed by atoms with Crippen molar-refractivity contribution in [3.05, 3.63) is 22.3 Å². The van der Waals surface area contributed by atoms with Crippen molar-refractivity contribution >= 4 is 0 Å². The van der Waals surface area contributed by atoms with Gasteiger partial charge in [0.05, 0.1) is 13.2 Å². The number of rotatable bonds is 4. The van der Waals surface area contributed by atoms with E-state index in [2.05, 4.69) is 0 Å². The van der Waals surface area contributed by atoms with Crippen molar-refractivity contribution in [1.82, 2.24) is 0 Å². The number of aliphatic hydroxyl groups excluding tert-OH is 4. The van der Waals surface area contributed by atoms with Crippen molar-refractivity contribution in [2.75, 3.05) is 13.2 Å². The number of phenols is 1. The Morgan fingerprint density at radius 3 is 2.30 bits per heavy atom. The van der Waals surface area contributed by atoms with Crippen LogP contribution in [0.15, 0.2) is 0 Å². The number of phenolic OH excluding ortho intramolecular Hbond substituents is 1. The third kappa shape index (κ3) is 3.11. The Morgan fingerprint density at radius 1 is 1.07 bits per heavy atom. The van der Waals surface area contributed by atoms with Gasteiger partial charge in [0.15, 0.2) is 0 Å². The largest absolute Gasteiger partial charge is 0.507 e. The number of hydrogen-bond acceptors (Lipinski definition) is 7. The fourth-order valence-corrected chi connectivity index (χ4v) is 4.49. The van der Waals surface area contributed by atoms with Gasteiger partial charge in [-0.05, 0) is 57.2 Å². The summed E-state index contributed by atoms with van der Waals surface area (Å²) in [5.41, 5.74) is 1.24. The molecule has 2 aliphatic rings. The summed E-state index contributed by atoms with van der Waals surface area (Å²) < 4.78 is 12.1. The molecule has 0 aromatic heterocycles. The normalized spacial score (nSPS) is 35.8. The summed E-state index contributed by atoms with van der Waals surface area (Å²) in [5, 5.41) is 50.3. The third-order valence-electron chi connectivity index (χ3n) is 6.34. The van der Waals surface area contributed by atoms with Crippen LogP contribution >= 0.6 is 0 Å². The van der Waals surface area contributed by atoms with Gasteiger partial charge in [-0.25, -0.2) is 0 Å². The number of fused-ring (bicyclic) bond motifs is 1. The van der Waals surface area contributed by atoms with Crippen molar-refractivity contribution in [3.8, 4) is 11.5 Å². The first-order chi connectivity index (χ1) is 12.6. The molecule has 7 nitrogen and oxygen atoms in total. The van der Waals surface area contributed by atoms with Gasteiger partial charge >= 0.3 is 0 Å². The van der Waals surface area contributed by atoms with Crippen LogP contribution in [0.2, 0.25) is 0 Å². The van der Waals surface area contributed by atoms with Crippen molar-refractivity contribution < 1.29 is 35.0 Å². The Morgan fingerprint density at radius 2 is 1.74 bits per heavy atom. The quantitative estimate of drug-likeness (QED) is 0.518. The molecule has 0 bridgehead atoms. The van der Waals surface area contributed by atoms with E-state index in [0.717, 1.165) is 28.0 Å². The summed E-state index contributed by atoms with van der Waals surface area (Å²) >= 11 is 0. The first kappa shape index (κ1) is 20.4. The number of aromatic hydroxyl groups is 1. The van der Waals surface area contributed by atoms with Crippen molar-refractivity contribution in [1.29, 1.82) is 0 Å². The molecule has 7 heteroatoms. The van der Waals surface area contributed by atoms with E-state index in [9.17, 15) is 25.5 Å². The van der Waals surface area contributed by atoms with Gasteiger partial charge in [0.25, 0.3) is 0 Å². The molecule has 152 valence electrons. The molecule has 5 atom stereocenters. The van der Waals surface area contributed by atoms with Crippen LogP contribution in [0.1, 0.15) is 42.0 Å². The fraction of sp³-hybridized carbons (Fsp3) is 0.700. The maximum atomic E-state index is 10.5. The molecule has 1 aromatic carbocycles. The van der Waals surface area contributed by atoms with E-state index in [1.165, 1.54) is 0 Å². The highest BCUT2D eigenvalue weighted by Crippen LogP contribution is 2.47. The smallest absolute Gasteiger partial charge is 0.127 e. The molecule has 3 rings (SSSR count). The second-order valence-corrected chi connectivity index (χ2v) is 8.26. The number of hydrogen-bond donors (Lipinski definition) is 5. The Kier molecular flexibility index (Phi) is 5.20. The van der Waals surface area contributed by atoms with Gasteiger partial charge in [-0.15, -0.1) is 0 Å². The molecule has 0 aliphatic carbocycles. The first-order valence-corrected chi connectivity index (χ1v) is 9.35. The maximum absolute atomic E-state index is 10.5.